The van der Waals surface area contributed by atoms with Crippen molar-refractivity contribution >= 4 is 20.9 Å². The smallest absolute Gasteiger partial charge is 0.208 e. The van der Waals surface area contributed by atoms with Gasteiger partial charge < -0.3 is 0 Å². The summed E-state index contributed by atoms with van der Waals surface area (Å²) >= 11 is 0. The summed E-state index contributed by atoms with van der Waals surface area (Å²) in [6.45, 7) is 5.50. The van der Waals surface area contributed by atoms with Gasteiger partial charge in [-0.2, -0.15) is 0 Å². The number of fused-ring (bicyclic) bond motifs is 1. The van der Waals surface area contributed by atoms with Crippen LogP contribution in [0, 0.1) is 12.8 Å². The minimum atomic E-state index is -3.11. The quantitative estimate of drug-likeness (QED) is 0.901. The Morgan fingerprint density at radius 3 is 2.96 bits per heavy atom. The standard InChI is InChI=1S/C18H25N3O2S/c1-14-7-8-16(17-6-3-9-19-18(14)17)13-21-10-4-5-15(12-21)11-20-24(2,22)23/h3,6-9,15,20H,4-5,10-13H2,1-2H3/t15-/m0/s1. The zero-order valence-electron chi connectivity index (χ0n) is 14.3. The molecule has 0 saturated carbocycles. The highest BCUT2D eigenvalue weighted by molar-refractivity contribution is 7.88. The highest BCUT2D eigenvalue weighted by atomic mass is 32.2. The fourth-order valence-corrected chi connectivity index (χ4v) is 4.02. The molecule has 0 amide bonds. The van der Waals surface area contributed by atoms with Gasteiger partial charge in [-0.25, -0.2) is 13.1 Å². The Morgan fingerprint density at radius 1 is 1.33 bits per heavy atom. The monoisotopic (exact) mass is 347 g/mol. The molecule has 0 aliphatic carbocycles. The SMILES string of the molecule is Cc1ccc(CN2CCC[C@@H](CNS(C)(=O)=O)C2)c2cccnc12. The highest BCUT2D eigenvalue weighted by Gasteiger charge is 2.21. The predicted octanol–water partition coefficient (Wildman–Crippen LogP) is 2.30. The number of hydrogen-bond acceptors (Lipinski definition) is 4. The van der Waals surface area contributed by atoms with Gasteiger partial charge in [0, 0.05) is 31.2 Å². The second-order valence-corrected chi connectivity index (χ2v) is 8.64. The van der Waals surface area contributed by atoms with E-state index in [1.54, 1.807) is 0 Å². The van der Waals surface area contributed by atoms with E-state index < -0.39 is 10.0 Å². The van der Waals surface area contributed by atoms with Crippen LogP contribution < -0.4 is 4.72 Å². The van der Waals surface area contributed by atoms with Gasteiger partial charge in [0.05, 0.1) is 11.8 Å². The summed E-state index contributed by atoms with van der Waals surface area (Å²) in [5, 5.41) is 1.22. The first-order valence-corrected chi connectivity index (χ1v) is 10.3. The van der Waals surface area contributed by atoms with E-state index in [2.05, 4.69) is 39.7 Å². The van der Waals surface area contributed by atoms with E-state index in [1.165, 1.54) is 22.8 Å². The molecule has 1 aliphatic rings. The largest absolute Gasteiger partial charge is 0.299 e. The van der Waals surface area contributed by atoms with Crippen LogP contribution in [-0.4, -0.2) is 44.2 Å². The molecule has 0 unspecified atom stereocenters. The molecule has 5 nitrogen and oxygen atoms in total. The van der Waals surface area contributed by atoms with Crippen LogP contribution >= 0.6 is 0 Å². The van der Waals surface area contributed by atoms with Gasteiger partial charge in [0.25, 0.3) is 0 Å². The molecule has 1 aromatic carbocycles. The lowest BCUT2D eigenvalue weighted by atomic mass is 9.97. The van der Waals surface area contributed by atoms with Crippen LogP contribution in [0.2, 0.25) is 0 Å². The molecule has 2 heterocycles. The molecule has 24 heavy (non-hydrogen) atoms. The second-order valence-electron chi connectivity index (χ2n) is 6.81. The summed E-state index contributed by atoms with van der Waals surface area (Å²) in [5.74, 6) is 0.378. The Morgan fingerprint density at radius 2 is 2.17 bits per heavy atom. The third-order valence-electron chi connectivity index (χ3n) is 4.69. The fourth-order valence-electron chi connectivity index (χ4n) is 3.48. The number of aromatic nitrogens is 1. The van der Waals surface area contributed by atoms with E-state index in [9.17, 15) is 8.42 Å². The second kappa shape index (κ2) is 7.17. The molecular formula is C18H25N3O2S. The molecule has 0 bridgehead atoms. The van der Waals surface area contributed by atoms with Gasteiger partial charge in [0.1, 0.15) is 0 Å². The summed E-state index contributed by atoms with van der Waals surface area (Å²) in [7, 11) is -3.11. The molecule has 2 aromatic rings. The van der Waals surface area contributed by atoms with Crippen LogP contribution in [0.25, 0.3) is 10.9 Å². The van der Waals surface area contributed by atoms with Crippen LogP contribution in [0.3, 0.4) is 0 Å². The number of rotatable bonds is 5. The molecule has 1 N–H and O–H groups in total. The summed E-state index contributed by atoms with van der Waals surface area (Å²) in [4.78, 5) is 6.94. The molecule has 1 aromatic heterocycles. The number of sulfonamides is 1. The minimum absolute atomic E-state index is 0.378. The van der Waals surface area contributed by atoms with Gasteiger partial charge in [-0.1, -0.05) is 18.2 Å². The van der Waals surface area contributed by atoms with Crippen LogP contribution in [0.5, 0.6) is 0 Å². The van der Waals surface area contributed by atoms with Crippen molar-refractivity contribution in [2.45, 2.75) is 26.3 Å². The summed E-state index contributed by atoms with van der Waals surface area (Å²) in [5.41, 5.74) is 3.56. The van der Waals surface area contributed by atoms with Crippen molar-refractivity contribution in [3.8, 4) is 0 Å². The Bertz CT molecular complexity index is 820. The van der Waals surface area contributed by atoms with Crippen molar-refractivity contribution in [2.24, 2.45) is 5.92 Å². The van der Waals surface area contributed by atoms with Crippen molar-refractivity contribution in [2.75, 3.05) is 25.9 Å². The van der Waals surface area contributed by atoms with Crippen molar-refractivity contribution in [3.05, 3.63) is 41.6 Å². The van der Waals surface area contributed by atoms with Crippen LogP contribution in [0.4, 0.5) is 0 Å². The molecule has 0 spiro atoms. The average Bonchev–Trinajstić information content (AvgIpc) is 2.56. The third-order valence-corrected chi connectivity index (χ3v) is 5.38. The lowest BCUT2D eigenvalue weighted by Crippen LogP contribution is -2.40. The molecule has 1 atom stereocenters. The number of pyridine rings is 1. The lowest BCUT2D eigenvalue weighted by Gasteiger charge is -2.33. The molecule has 1 aliphatic heterocycles. The lowest BCUT2D eigenvalue weighted by molar-refractivity contribution is 0.169. The zero-order valence-corrected chi connectivity index (χ0v) is 15.1. The van der Waals surface area contributed by atoms with E-state index >= 15 is 0 Å². The maximum atomic E-state index is 11.3. The topological polar surface area (TPSA) is 62.3 Å². The van der Waals surface area contributed by atoms with Crippen LogP contribution in [0.1, 0.15) is 24.0 Å². The van der Waals surface area contributed by atoms with Gasteiger partial charge in [0.15, 0.2) is 0 Å². The number of piperidine rings is 1. The normalized spacial score (nSPS) is 19.7. The molecule has 1 saturated heterocycles. The minimum Gasteiger partial charge on any atom is -0.299 e. The maximum Gasteiger partial charge on any atom is 0.208 e. The molecule has 0 radical (unpaired) electrons. The first kappa shape index (κ1) is 17.3. The fraction of sp³-hybridized carbons (Fsp3) is 0.500. The molecular weight excluding hydrogens is 322 g/mol. The van der Waals surface area contributed by atoms with Gasteiger partial charge in [0.2, 0.25) is 10.0 Å². The van der Waals surface area contributed by atoms with Crippen molar-refractivity contribution < 1.29 is 8.42 Å². The first-order valence-electron chi connectivity index (χ1n) is 8.42. The molecule has 130 valence electrons. The van der Waals surface area contributed by atoms with Gasteiger partial charge in [-0.3, -0.25) is 9.88 Å². The maximum absolute atomic E-state index is 11.3. The van der Waals surface area contributed by atoms with Gasteiger partial charge in [-0.15, -0.1) is 0 Å². The van der Waals surface area contributed by atoms with E-state index in [-0.39, 0.29) is 0 Å². The van der Waals surface area contributed by atoms with Crippen molar-refractivity contribution in [1.29, 1.82) is 0 Å². The Labute approximate surface area is 144 Å². The number of likely N-dealkylation sites (tertiary alicyclic amines) is 1. The Hall–Kier alpha value is -1.50. The number of nitrogens with one attached hydrogen (secondary N) is 1. The first-order chi connectivity index (χ1) is 11.4. The number of nitrogens with zero attached hydrogens (tertiary/aromatic N) is 2. The number of benzene rings is 1. The van der Waals surface area contributed by atoms with Gasteiger partial charge in [-0.05, 0) is 49.4 Å². The zero-order chi connectivity index (χ0) is 17.2. The van der Waals surface area contributed by atoms with E-state index in [4.69, 9.17) is 0 Å². The summed E-state index contributed by atoms with van der Waals surface area (Å²) in [6.07, 6.45) is 5.25. The van der Waals surface area contributed by atoms with Gasteiger partial charge >= 0.3 is 0 Å². The molecule has 6 heteroatoms. The van der Waals surface area contributed by atoms with Crippen LogP contribution in [0.15, 0.2) is 30.5 Å². The predicted molar refractivity (Wildman–Crippen MR) is 97.3 cm³/mol. The summed E-state index contributed by atoms with van der Waals surface area (Å²) < 4.78 is 25.2. The Balaban J connectivity index is 1.71. The van der Waals surface area contributed by atoms with Crippen molar-refractivity contribution in [3.63, 3.8) is 0 Å². The van der Waals surface area contributed by atoms with Crippen molar-refractivity contribution in [1.82, 2.24) is 14.6 Å². The molecule has 1 fully saturated rings. The van der Waals surface area contributed by atoms with E-state index in [0.717, 1.165) is 38.0 Å². The molecule has 3 rings (SSSR count). The summed E-state index contributed by atoms with van der Waals surface area (Å²) in [6, 6.07) is 8.45. The van der Waals surface area contributed by atoms with E-state index in [1.807, 2.05) is 12.3 Å². The highest BCUT2D eigenvalue weighted by Crippen LogP contribution is 2.24. The average molecular weight is 347 g/mol. The third kappa shape index (κ3) is 4.32. The van der Waals surface area contributed by atoms with Crippen LogP contribution in [-0.2, 0) is 16.6 Å². The number of aryl methyl sites for hydroxylation is 1. The number of hydrogen-bond donors (Lipinski definition) is 1. The Kier molecular flexibility index (Phi) is 5.18. The van der Waals surface area contributed by atoms with E-state index in [0.29, 0.717) is 12.5 Å².